The topological polar surface area (TPSA) is 39.1 Å². The number of nitrogens with one attached hydrogen (secondary N) is 1. The first-order valence-corrected chi connectivity index (χ1v) is 6.50. The molecular formula is C14H18ClN3O. The van der Waals surface area contributed by atoms with Crippen molar-refractivity contribution in [1.29, 1.82) is 0 Å². The number of methoxy groups -OCH3 is 1. The molecule has 0 fully saturated rings. The molecule has 0 saturated heterocycles. The smallest absolute Gasteiger partial charge is 0.137 e. The Labute approximate surface area is 118 Å². The van der Waals surface area contributed by atoms with Crippen molar-refractivity contribution >= 4 is 11.6 Å². The molecule has 1 aromatic heterocycles. The maximum absolute atomic E-state index is 6.16. The largest absolute Gasteiger partial charge is 0.495 e. The maximum Gasteiger partial charge on any atom is 0.137 e. The van der Waals surface area contributed by atoms with E-state index in [1.807, 2.05) is 36.9 Å². The molecule has 2 rings (SSSR count). The van der Waals surface area contributed by atoms with Crippen LogP contribution in [-0.2, 0) is 6.54 Å². The van der Waals surface area contributed by atoms with Gasteiger partial charge in [0.2, 0.25) is 0 Å². The molecule has 0 aliphatic heterocycles. The monoisotopic (exact) mass is 279 g/mol. The Morgan fingerprint density at radius 2 is 2.11 bits per heavy atom. The Morgan fingerprint density at radius 1 is 1.37 bits per heavy atom. The quantitative estimate of drug-likeness (QED) is 0.935. The lowest BCUT2D eigenvalue weighted by atomic mass is 10.2. The van der Waals surface area contributed by atoms with Crippen molar-refractivity contribution in [1.82, 2.24) is 15.1 Å². The van der Waals surface area contributed by atoms with Gasteiger partial charge in [0.1, 0.15) is 5.75 Å². The van der Waals surface area contributed by atoms with Gasteiger partial charge in [-0.05, 0) is 39.1 Å². The number of hydrogen-bond donors (Lipinski definition) is 1. The van der Waals surface area contributed by atoms with Gasteiger partial charge in [-0.15, -0.1) is 0 Å². The van der Waals surface area contributed by atoms with Crippen LogP contribution >= 0.6 is 11.6 Å². The van der Waals surface area contributed by atoms with E-state index in [4.69, 9.17) is 16.3 Å². The first-order valence-electron chi connectivity index (χ1n) is 6.12. The van der Waals surface area contributed by atoms with Crippen LogP contribution < -0.4 is 10.1 Å². The average molecular weight is 280 g/mol. The summed E-state index contributed by atoms with van der Waals surface area (Å²) < 4.78 is 7.07. The van der Waals surface area contributed by atoms with Gasteiger partial charge in [-0.1, -0.05) is 11.6 Å². The molecule has 5 heteroatoms. The number of hydrogen-bond acceptors (Lipinski definition) is 3. The molecule has 0 saturated carbocycles. The third kappa shape index (κ3) is 2.60. The summed E-state index contributed by atoms with van der Waals surface area (Å²) in [4.78, 5) is 0. The fourth-order valence-corrected chi connectivity index (χ4v) is 2.40. The van der Waals surface area contributed by atoms with E-state index in [1.165, 1.54) is 5.56 Å². The summed E-state index contributed by atoms with van der Waals surface area (Å²) in [5.41, 5.74) is 4.30. The molecule has 0 atom stereocenters. The molecule has 0 aliphatic rings. The third-order valence-electron chi connectivity index (χ3n) is 3.17. The Morgan fingerprint density at radius 3 is 2.68 bits per heavy atom. The van der Waals surface area contributed by atoms with Gasteiger partial charge in [0.15, 0.2) is 0 Å². The molecular weight excluding hydrogens is 262 g/mol. The van der Waals surface area contributed by atoms with Crippen molar-refractivity contribution in [2.75, 3.05) is 14.2 Å². The van der Waals surface area contributed by atoms with Crippen molar-refractivity contribution in [3.05, 3.63) is 40.2 Å². The normalized spacial score (nSPS) is 10.8. The SMILES string of the molecule is CNCc1c(C)nn(-c2ccc(OC)c(Cl)c2)c1C. The van der Waals surface area contributed by atoms with Crippen molar-refractivity contribution in [3.63, 3.8) is 0 Å². The van der Waals surface area contributed by atoms with E-state index in [0.29, 0.717) is 10.8 Å². The van der Waals surface area contributed by atoms with Gasteiger partial charge in [0.05, 0.1) is 23.5 Å². The molecule has 2 aromatic rings. The molecule has 0 amide bonds. The number of nitrogens with zero attached hydrogens (tertiary/aromatic N) is 2. The van der Waals surface area contributed by atoms with E-state index < -0.39 is 0 Å². The van der Waals surface area contributed by atoms with Crippen LogP contribution in [0.1, 0.15) is 17.0 Å². The molecule has 102 valence electrons. The molecule has 1 heterocycles. The molecule has 0 radical (unpaired) electrons. The summed E-state index contributed by atoms with van der Waals surface area (Å²) in [6, 6.07) is 5.67. The van der Waals surface area contributed by atoms with Gasteiger partial charge < -0.3 is 10.1 Å². The number of aryl methyl sites for hydroxylation is 1. The summed E-state index contributed by atoms with van der Waals surface area (Å²) in [6.07, 6.45) is 0. The van der Waals surface area contributed by atoms with Crippen molar-refractivity contribution in [2.24, 2.45) is 0 Å². The van der Waals surface area contributed by atoms with E-state index in [0.717, 1.165) is 23.6 Å². The highest BCUT2D eigenvalue weighted by Crippen LogP contribution is 2.27. The highest BCUT2D eigenvalue weighted by Gasteiger charge is 2.13. The van der Waals surface area contributed by atoms with Crippen LogP contribution in [-0.4, -0.2) is 23.9 Å². The second-order valence-electron chi connectivity index (χ2n) is 4.41. The van der Waals surface area contributed by atoms with Crippen molar-refractivity contribution < 1.29 is 4.74 Å². The molecule has 19 heavy (non-hydrogen) atoms. The summed E-state index contributed by atoms with van der Waals surface area (Å²) in [7, 11) is 3.54. The molecule has 1 aromatic carbocycles. The predicted octanol–water partition coefficient (Wildman–Crippen LogP) is 2.87. The van der Waals surface area contributed by atoms with E-state index in [1.54, 1.807) is 7.11 Å². The van der Waals surface area contributed by atoms with E-state index in [9.17, 15) is 0 Å². The fourth-order valence-electron chi connectivity index (χ4n) is 2.15. The summed E-state index contributed by atoms with van der Waals surface area (Å²) >= 11 is 6.16. The van der Waals surface area contributed by atoms with Crippen LogP contribution in [0.15, 0.2) is 18.2 Å². The summed E-state index contributed by atoms with van der Waals surface area (Å²) in [5, 5.41) is 8.32. The average Bonchev–Trinajstić information content (AvgIpc) is 2.67. The van der Waals surface area contributed by atoms with Gasteiger partial charge in [-0.2, -0.15) is 5.10 Å². The van der Waals surface area contributed by atoms with Gasteiger partial charge in [0.25, 0.3) is 0 Å². The highest BCUT2D eigenvalue weighted by molar-refractivity contribution is 6.32. The second-order valence-corrected chi connectivity index (χ2v) is 4.82. The number of rotatable bonds is 4. The lowest BCUT2D eigenvalue weighted by Gasteiger charge is -2.08. The Hall–Kier alpha value is -1.52. The zero-order valence-corrected chi connectivity index (χ0v) is 12.4. The van der Waals surface area contributed by atoms with Crippen LogP contribution in [0.4, 0.5) is 0 Å². The molecule has 0 spiro atoms. The molecule has 1 N–H and O–H groups in total. The standard InChI is InChI=1S/C14H18ClN3O/c1-9-12(8-16-3)10(2)18(17-9)11-5-6-14(19-4)13(15)7-11/h5-7,16H,8H2,1-4H3. The summed E-state index contributed by atoms with van der Waals surface area (Å²) in [6.45, 7) is 4.88. The fraction of sp³-hybridized carbons (Fsp3) is 0.357. The van der Waals surface area contributed by atoms with E-state index >= 15 is 0 Å². The zero-order chi connectivity index (χ0) is 14.0. The maximum atomic E-state index is 6.16. The molecule has 0 unspecified atom stereocenters. The Bertz CT molecular complexity index is 593. The minimum atomic E-state index is 0.586. The minimum Gasteiger partial charge on any atom is -0.495 e. The molecule has 0 bridgehead atoms. The van der Waals surface area contributed by atoms with Crippen molar-refractivity contribution in [2.45, 2.75) is 20.4 Å². The Balaban J connectivity index is 2.47. The number of benzene rings is 1. The number of ether oxygens (including phenoxy) is 1. The van der Waals surface area contributed by atoms with Gasteiger partial charge in [-0.25, -0.2) is 4.68 Å². The minimum absolute atomic E-state index is 0.586. The first-order chi connectivity index (χ1) is 9.08. The van der Waals surface area contributed by atoms with Crippen LogP contribution in [0.2, 0.25) is 5.02 Å². The second kappa shape index (κ2) is 5.63. The first kappa shape index (κ1) is 13.9. The van der Waals surface area contributed by atoms with Crippen LogP contribution in [0, 0.1) is 13.8 Å². The van der Waals surface area contributed by atoms with Crippen molar-refractivity contribution in [3.8, 4) is 11.4 Å². The van der Waals surface area contributed by atoms with E-state index in [2.05, 4.69) is 17.3 Å². The molecule has 0 aliphatic carbocycles. The zero-order valence-electron chi connectivity index (χ0n) is 11.6. The van der Waals surface area contributed by atoms with Gasteiger partial charge in [-0.3, -0.25) is 0 Å². The van der Waals surface area contributed by atoms with Crippen LogP contribution in [0.5, 0.6) is 5.75 Å². The Kier molecular flexibility index (Phi) is 4.12. The van der Waals surface area contributed by atoms with Crippen LogP contribution in [0.25, 0.3) is 5.69 Å². The van der Waals surface area contributed by atoms with Gasteiger partial charge >= 0.3 is 0 Å². The number of aromatic nitrogens is 2. The van der Waals surface area contributed by atoms with Crippen LogP contribution in [0.3, 0.4) is 0 Å². The lowest BCUT2D eigenvalue weighted by Crippen LogP contribution is -2.07. The van der Waals surface area contributed by atoms with Gasteiger partial charge in [0, 0.05) is 17.8 Å². The highest BCUT2D eigenvalue weighted by atomic mass is 35.5. The molecule has 4 nitrogen and oxygen atoms in total. The van der Waals surface area contributed by atoms with E-state index in [-0.39, 0.29) is 0 Å². The lowest BCUT2D eigenvalue weighted by molar-refractivity contribution is 0.415. The number of halogens is 1. The third-order valence-corrected chi connectivity index (χ3v) is 3.47. The summed E-state index contributed by atoms with van der Waals surface area (Å²) in [5.74, 6) is 0.669. The predicted molar refractivity (Wildman–Crippen MR) is 77.4 cm³/mol.